The Kier molecular flexibility index (Phi) is 6.00. The van der Waals surface area contributed by atoms with Gasteiger partial charge in [0, 0.05) is 5.92 Å². The summed E-state index contributed by atoms with van der Waals surface area (Å²) in [6.07, 6.45) is 2.26. The van der Waals surface area contributed by atoms with Crippen molar-refractivity contribution in [3.63, 3.8) is 0 Å². The van der Waals surface area contributed by atoms with Crippen molar-refractivity contribution >= 4 is 17.9 Å². The molecule has 2 aromatic carbocycles. The number of alkyl carbamates (subject to hydrolysis) is 1. The van der Waals surface area contributed by atoms with Crippen molar-refractivity contribution in [2.75, 3.05) is 25.2 Å². The Morgan fingerprint density at radius 1 is 1.16 bits per heavy atom. The molecule has 132 valence electrons. The first-order valence-electron chi connectivity index (χ1n) is 8.46. The number of carbonyl (C=O) groups is 1. The summed E-state index contributed by atoms with van der Waals surface area (Å²) in [6.45, 7) is 0.214. The quantitative estimate of drug-likeness (QED) is 0.794. The molecule has 25 heavy (non-hydrogen) atoms. The normalized spacial score (nSPS) is 13.8. The second-order valence-corrected chi connectivity index (χ2v) is 7.12. The first-order valence-corrected chi connectivity index (χ1v) is 9.85. The van der Waals surface area contributed by atoms with Gasteiger partial charge in [-0.2, -0.15) is 11.8 Å². The maximum absolute atomic E-state index is 12.1. The second kappa shape index (κ2) is 8.41. The van der Waals surface area contributed by atoms with Crippen LogP contribution >= 0.6 is 11.8 Å². The van der Waals surface area contributed by atoms with Gasteiger partial charge >= 0.3 is 6.09 Å². The van der Waals surface area contributed by atoms with Crippen LogP contribution in [0.5, 0.6) is 0 Å². The van der Waals surface area contributed by atoms with Gasteiger partial charge < -0.3 is 15.2 Å². The molecule has 0 aromatic heterocycles. The number of carbonyl (C=O) groups excluding carboxylic acids is 1. The highest BCUT2D eigenvalue weighted by atomic mass is 32.2. The Bertz CT molecular complexity index is 689. The molecule has 2 aromatic rings. The molecule has 0 unspecified atom stereocenters. The number of thioether (sulfide) groups is 1. The maximum Gasteiger partial charge on any atom is 0.407 e. The van der Waals surface area contributed by atoms with Gasteiger partial charge in [-0.05, 0) is 40.7 Å². The molecule has 0 bridgehead atoms. The summed E-state index contributed by atoms with van der Waals surface area (Å²) in [6, 6.07) is 16.2. The average Bonchev–Trinajstić information content (AvgIpc) is 2.97. The van der Waals surface area contributed by atoms with E-state index in [0.717, 1.165) is 12.2 Å². The molecule has 5 heteroatoms. The number of aliphatic hydroxyl groups is 1. The summed E-state index contributed by atoms with van der Waals surface area (Å²) in [5, 5.41) is 12.1. The largest absolute Gasteiger partial charge is 0.449 e. The molecule has 1 amide bonds. The second-order valence-electron chi connectivity index (χ2n) is 6.13. The van der Waals surface area contributed by atoms with Gasteiger partial charge in [0.1, 0.15) is 6.61 Å². The van der Waals surface area contributed by atoms with Crippen LogP contribution in [0.3, 0.4) is 0 Å². The van der Waals surface area contributed by atoms with Crippen LogP contribution in [0.4, 0.5) is 4.79 Å². The van der Waals surface area contributed by atoms with Crippen molar-refractivity contribution in [2.24, 2.45) is 0 Å². The zero-order valence-electron chi connectivity index (χ0n) is 14.3. The highest BCUT2D eigenvalue weighted by Crippen LogP contribution is 2.44. The first kappa shape index (κ1) is 17.8. The number of hydrogen-bond acceptors (Lipinski definition) is 4. The average molecular weight is 357 g/mol. The number of benzene rings is 2. The summed E-state index contributed by atoms with van der Waals surface area (Å²) in [5.41, 5.74) is 4.80. The van der Waals surface area contributed by atoms with Crippen molar-refractivity contribution in [3.05, 3.63) is 59.7 Å². The smallest absolute Gasteiger partial charge is 0.407 e. The molecule has 1 atom stereocenters. The van der Waals surface area contributed by atoms with E-state index in [9.17, 15) is 9.90 Å². The van der Waals surface area contributed by atoms with E-state index in [2.05, 4.69) is 29.6 Å². The van der Waals surface area contributed by atoms with Gasteiger partial charge in [0.25, 0.3) is 0 Å². The summed E-state index contributed by atoms with van der Waals surface area (Å²) < 4.78 is 5.48. The lowest BCUT2D eigenvalue weighted by molar-refractivity contribution is 0.132. The number of hydrogen-bond donors (Lipinski definition) is 2. The molecule has 3 rings (SSSR count). The summed E-state index contributed by atoms with van der Waals surface area (Å²) in [4.78, 5) is 12.1. The van der Waals surface area contributed by atoms with Gasteiger partial charge in [0.05, 0.1) is 12.6 Å². The topological polar surface area (TPSA) is 58.6 Å². The molecule has 0 heterocycles. The molecular weight excluding hydrogens is 334 g/mol. The first-order chi connectivity index (χ1) is 12.2. The highest BCUT2D eigenvalue weighted by Gasteiger charge is 2.29. The van der Waals surface area contributed by atoms with E-state index in [1.165, 1.54) is 22.3 Å². The molecular formula is C20H23NO3S. The minimum absolute atomic E-state index is 0.0527. The molecule has 1 aliphatic carbocycles. The zero-order valence-corrected chi connectivity index (χ0v) is 15.1. The third-order valence-corrected chi connectivity index (χ3v) is 5.20. The van der Waals surface area contributed by atoms with E-state index in [0.29, 0.717) is 6.61 Å². The van der Waals surface area contributed by atoms with Crippen molar-refractivity contribution in [2.45, 2.75) is 18.4 Å². The molecule has 4 nitrogen and oxygen atoms in total. The van der Waals surface area contributed by atoms with E-state index in [1.807, 2.05) is 30.5 Å². The molecule has 0 fully saturated rings. The highest BCUT2D eigenvalue weighted by molar-refractivity contribution is 7.98. The molecule has 0 spiro atoms. The van der Waals surface area contributed by atoms with Gasteiger partial charge in [0.2, 0.25) is 0 Å². The monoisotopic (exact) mass is 357 g/mol. The van der Waals surface area contributed by atoms with Gasteiger partial charge in [-0.15, -0.1) is 0 Å². The van der Waals surface area contributed by atoms with E-state index < -0.39 is 6.09 Å². The molecule has 0 radical (unpaired) electrons. The van der Waals surface area contributed by atoms with Gasteiger partial charge in [-0.3, -0.25) is 0 Å². The molecule has 0 aliphatic heterocycles. The molecule has 2 N–H and O–H groups in total. The van der Waals surface area contributed by atoms with Crippen molar-refractivity contribution < 1.29 is 14.6 Å². The maximum atomic E-state index is 12.1. The lowest BCUT2D eigenvalue weighted by atomic mass is 9.98. The van der Waals surface area contributed by atoms with Crippen LogP contribution in [0.1, 0.15) is 23.5 Å². The predicted octanol–water partition coefficient (Wildman–Crippen LogP) is 3.64. The van der Waals surface area contributed by atoms with Gasteiger partial charge in [-0.25, -0.2) is 4.79 Å². The number of amides is 1. The van der Waals surface area contributed by atoms with Crippen LogP contribution in [0, 0.1) is 0 Å². The van der Waals surface area contributed by atoms with Gasteiger partial charge in [-0.1, -0.05) is 48.5 Å². The number of ether oxygens (including phenoxy) is 1. The fourth-order valence-corrected chi connectivity index (χ4v) is 3.80. The summed E-state index contributed by atoms with van der Waals surface area (Å²) in [7, 11) is 0. The standard InChI is InChI=1S/C20H23NO3S/c1-25-11-10-14(12-22)21-20(23)24-13-19-17-8-4-2-6-15(17)16-7-3-5-9-18(16)19/h2-9,14,19,22H,10-13H2,1H3,(H,21,23)/t14-/m0/s1. The third-order valence-electron chi connectivity index (χ3n) is 4.56. The molecule has 0 saturated carbocycles. The van der Waals surface area contributed by atoms with Crippen molar-refractivity contribution in [3.8, 4) is 11.1 Å². The Hall–Kier alpha value is -1.98. The van der Waals surface area contributed by atoms with Gasteiger partial charge in [0.15, 0.2) is 0 Å². The zero-order chi connectivity index (χ0) is 17.6. The number of rotatable bonds is 7. The number of aliphatic hydroxyl groups excluding tert-OH is 1. The molecule has 0 saturated heterocycles. The van der Waals surface area contributed by atoms with Crippen molar-refractivity contribution in [1.29, 1.82) is 0 Å². The summed E-state index contributed by atoms with van der Waals surface area (Å²) >= 11 is 1.69. The Morgan fingerprint density at radius 3 is 2.32 bits per heavy atom. The van der Waals surface area contributed by atoms with Crippen LogP contribution in [0.15, 0.2) is 48.5 Å². The van der Waals surface area contributed by atoms with Crippen LogP contribution in [-0.4, -0.2) is 42.5 Å². The fraction of sp³-hybridized carbons (Fsp3) is 0.350. The van der Waals surface area contributed by atoms with Crippen LogP contribution in [0.2, 0.25) is 0 Å². The lowest BCUT2D eigenvalue weighted by Gasteiger charge is -2.18. The number of nitrogens with one attached hydrogen (secondary N) is 1. The molecule has 1 aliphatic rings. The Morgan fingerprint density at radius 2 is 1.76 bits per heavy atom. The third kappa shape index (κ3) is 3.99. The fourth-order valence-electron chi connectivity index (χ4n) is 3.28. The van der Waals surface area contributed by atoms with Crippen LogP contribution < -0.4 is 5.32 Å². The van der Waals surface area contributed by atoms with E-state index in [-0.39, 0.29) is 18.6 Å². The van der Waals surface area contributed by atoms with Crippen LogP contribution in [0.25, 0.3) is 11.1 Å². The van der Waals surface area contributed by atoms with E-state index in [1.54, 1.807) is 11.8 Å². The van der Waals surface area contributed by atoms with E-state index in [4.69, 9.17) is 4.74 Å². The predicted molar refractivity (Wildman–Crippen MR) is 102 cm³/mol. The van der Waals surface area contributed by atoms with E-state index >= 15 is 0 Å². The minimum Gasteiger partial charge on any atom is -0.449 e. The minimum atomic E-state index is -0.470. The summed E-state index contributed by atoms with van der Waals surface area (Å²) in [5.74, 6) is 0.937. The Labute approximate surface area is 152 Å². The SMILES string of the molecule is CSCC[C@@H](CO)NC(=O)OCC1c2ccccc2-c2ccccc21. The Balaban J connectivity index is 1.66. The number of fused-ring (bicyclic) bond motifs is 3. The van der Waals surface area contributed by atoms with Crippen LogP contribution in [-0.2, 0) is 4.74 Å². The van der Waals surface area contributed by atoms with Crippen molar-refractivity contribution in [1.82, 2.24) is 5.32 Å². The lowest BCUT2D eigenvalue weighted by Crippen LogP contribution is -2.38.